The number of thiazole rings is 1. The van der Waals surface area contributed by atoms with E-state index in [9.17, 15) is 0 Å². The van der Waals surface area contributed by atoms with Gasteiger partial charge in [0.25, 0.3) is 0 Å². The lowest BCUT2D eigenvalue weighted by Crippen LogP contribution is -1.96. The summed E-state index contributed by atoms with van der Waals surface area (Å²) in [5.41, 5.74) is 8.06. The molecule has 0 unspecified atom stereocenters. The van der Waals surface area contributed by atoms with Crippen molar-refractivity contribution in [3.63, 3.8) is 0 Å². The summed E-state index contributed by atoms with van der Waals surface area (Å²) in [6.45, 7) is 4.26. The SMILES string of the molecule is CC(C)c1nc(N)sc1Cc1cc(Cl)ccc1Br. The Balaban J connectivity index is 2.36. The number of anilines is 1. The molecule has 1 heterocycles. The van der Waals surface area contributed by atoms with Crippen LogP contribution < -0.4 is 5.73 Å². The molecule has 5 heteroatoms. The first-order valence-corrected chi connectivity index (χ1v) is 7.65. The van der Waals surface area contributed by atoms with Crippen molar-refractivity contribution in [2.24, 2.45) is 0 Å². The van der Waals surface area contributed by atoms with Crippen molar-refractivity contribution < 1.29 is 0 Å². The molecule has 0 spiro atoms. The molecule has 2 aromatic rings. The largest absolute Gasteiger partial charge is 0.375 e. The minimum absolute atomic E-state index is 0.381. The predicted molar refractivity (Wildman–Crippen MR) is 82.6 cm³/mol. The van der Waals surface area contributed by atoms with Gasteiger partial charge in [0.2, 0.25) is 0 Å². The van der Waals surface area contributed by atoms with Crippen LogP contribution in [0.1, 0.15) is 35.9 Å². The minimum atomic E-state index is 0.381. The van der Waals surface area contributed by atoms with Crippen molar-refractivity contribution in [3.05, 3.63) is 43.8 Å². The van der Waals surface area contributed by atoms with Crippen LogP contribution in [0.15, 0.2) is 22.7 Å². The number of nitrogen functional groups attached to an aromatic ring is 1. The van der Waals surface area contributed by atoms with Crippen molar-refractivity contribution in [2.45, 2.75) is 26.2 Å². The Morgan fingerprint density at radius 3 is 2.83 bits per heavy atom. The highest BCUT2D eigenvalue weighted by molar-refractivity contribution is 9.10. The van der Waals surface area contributed by atoms with Gasteiger partial charge in [0.1, 0.15) is 0 Å². The molecule has 0 aliphatic rings. The molecule has 0 amide bonds. The average molecular weight is 346 g/mol. The number of hydrogen-bond acceptors (Lipinski definition) is 3. The van der Waals surface area contributed by atoms with Crippen LogP contribution in [0.2, 0.25) is 5.02 Å². The molecule has 96 valence electrons. The van der Waals surface area contributed by atoms with Gasteiger partial charge in [-0.3, -0.25) is 0 Å². The molecule has 0 aliphatic heterocycles. The zero-order chi connectivity index (χ0) is 13.3. The first-order valence-electron chi connectivity index (χ1n) is 5.66. The summed E-state index contributed by atoms with van der Waals surface area (Å²) in [6, 6.07) is 5.82. The number of hydrogen-bond donors (Lipinski definition) is 1. The molecule has 0 saturated heterocycles. The fourth-order valence-electron chi connectivity index (χ4n) is 1.81. The second kappa shape index (κ2) is 5.59. The van der Waals surface area contributed by atoms with E-state index in [2.05, 4.69) is 34.8 Å². The zero-order valence-corrected chi connectivity index (χ0v) is 13.4. The Hall–Kier alpha value is -0.580. The van der Waals surface area contributed by atoms with E-state index >= 15 is 0 Å². The first kappa shape index (κ1) is 13.8. The lowest BCUT2D eigenvalue weighted by atomic mass is 10.0. The number of nitrogens with two attached hydrogens (primary N) is 1. The number of halogens is 2. The Labute approximate surface area is 124 Å². The van der Waals surface area contributed by atoms with Crippen molar-refractivity contribution in [1.82, 2.24) is 4.98 Å². The number of rotatable bonds is 3. The summed E-state index contributed by atoms with van der Waals surface area (Å²) in [4.78, 5) is 5.62. The van der Waals surface area contributed by atoms with E-state index in [-0.39, 0.29) is 0 Å². The van der Waals surface area contributed by atoms with E-state index in [1.165, 1.54) is 4.88 Å². The number of benzene rings is 1. The van der Waals surface area contributed by atoms with E-state index in [0.29, 0.717) is 11.0 Å². The molecule has 0 bridgehead atoms. The summed E-state index contributed by atoms with van der Waals surface area (Å²) in [5.74, 6) is 0.381. The molecule has 1 aromatic heterocycles. The van der Waals surface area contributed by atoms with Gasteiger partial charge in [-0.25, -0.2) is 4.98 Å². The Morgan fingerprint density at radius 1 is 1.44 bits per heavy atom. The highest BCUT2D eigenvalue weighted by Crippen LogP contribution is 2.31. The summed E-state index contributed by atoms with van der Waals surface area (Å²) < 4.78 is 1.06. The Morgan fingerprint density at radius 2 is 2.17 bits per heavy atom. The lowest BCUT2D eigenvalue weighted by Gasteiger charge is -2.07. The maximum absolute atomic E-state index is 6.03. The molecule has 0 saturated carbocycles. The standard InChI is InChI=1S/C13H14BrClN2S/c1-7(2)12-11(18-13(16)17-12)6-8-5-9(15)3-4-10(8)14/h3-5,7H,6H2,1-2H3,(H2,16,17). The highest BCUT2D eigenvalue weighted by Gasteiger charge is 2.14. The van der Waals surface area contributed by atoms with Crippen LogP contribution in [-0.4, -0.2) is 4.98 Å². The normalized spacial score (nSPS) is 11.2. The minimum Gasteiger partial charge on any atom is -0.375 e. The first-order chi connectivity index (χ1) is 8.47. The molecular weight excluding hydrogens is 332 g/mol. The van der Waals surface area contributed by atoms with Crippen LogP contribution in [0.3, 0.4) is 0 Å². The highest BCUT2D eigenvalue weighted by atomic mass is 79.9. The van der Waals surface area contributed by atoms with Crippen molar-refractivity contribution in [3.8, 4) is 0 Å². The average Bonchev–Trinajstić information content (AvgIpc) is 2.65. The van der Waals surface area contributed by atoms with E-state index in [4.69, 9.17) is 17.3 Å². The van der Waals surface area contributed by atoms with E-state index in [1.807, 2.05) is 18.2 Å². The van der Waals surface area contributed by atoms with Crippen molar-refractivity contribution in [1.29, 1.82) is 0 Å². The van der Waals surface area contributed by atoms with Gasteiger partial charge >= 0.3 is 0 Å². The predicted octanol–water partition coefficient (Wildman–Crippen LogP) is 4.86. The maximum Gasteiger partial charge on any atom is 0.180 e. The third-order valence-corrected chi connectivity index (χ3v) is 4.56. The van der Waals surface area contributed by atoms with Gasteiger partial charge in [-0.15, -0.1) is 11.3 Å². The monoisotopic (exact) mass is 344 g/mol. The summed E-state index contributed by atoms with van der Waals surface area (Å²) >= 11 is 11.1. The fraction of sp³-hybridized carbons (Fsp3) is 0.308. The van der Waals surface area contributed by atoms with E-state index in [0.717, 1.165) is 27.2 Å². The van der Waals surface area contributed by atoms with Crippen molar-refractivity contribution >= 4 is 44.0 Å². The third-order valence-electron chi connectivity index (χ3n) is 2.65. The van der Waals surface area contributed by atoms with Crippen LogP contribution in [0.5, 0.6) is 0 Å². The van der Waals surface area contributed by atoms with Crippen molar-refractivity contribution in [2.75, 3.05) is 5.73 Å². The molecule has 2 nitrogen and oxygen atoms in total. The van der Waals surface area contributed by atoms with Gasteiger partial charge in [-0.05, 0) is 29.7 Å². The summed E-state index contributed by atoms with van der Waals surface area (Å²) in [7, 11) is 0. The zero-order valence-electron chi connectivity index (χ0n) is 10.2. The van der Waals surface area contributed by atoms with Gasteiger partial charge < -0.3 is 5.73 Å². The molecule has 0 fully saturated rings. The van der Waals surface area contributed by atoms with Crippen LogP contribution >= 0.6 is 38.9 Å². The molecule has 2 N–H and O–H groups in total. The van der Waals surface area contributed by atoms with Gasteiger partial charge in [0.15, 0.2) is 5.13 Å². The van der Waals surface area contributed by atoms with Crippen LogP contribution in [0.4, 0.5) is 5.13 Å². The summed E-state index contributed by atoms with van der Waals surface area (Å²) in [6.07, 6.45) is 0.809. The molecule has 18 heavy (non-hydrogen) atoms. The topological polar surface area (TPSA) is 38.9 Å². The quantitative estimate of drug-likeness (QED) is 0.863. The third kappa shape index (κ3) is 3.05. The van der Waals surface area contributed by atoms with Gasteiger partial charge in [-0.2, -0.15) is 0 Å². The van der Waals surface area contributed by atoms with Gasteiger partial charge in [0, 0.05) is 20.8 Å². The summed E-state index contributed by atoms with van der Waals surface area (Å²) in [5, 5.41) is 1.38. The molecular formula is C13H14BrClN2S. The smallest absolute Gasteiger partial charge is 0.180 e. The number of aromatic nitrogens is 1. The molecule has 0 aliphatic carbocycles. The maximum atomic E-state index is 6.03. The Kier molecular flexibility index (Phi) is 4.30. The van der Waals surface area contributed by atoms with Crippen LogP contribution in [0.25, 0.3) is 0 Å². The number of nitrogens with zero attached hydrogens (tertiary/aromatic N) is 1. The second-order valence-corrected chi connectivity index (χ2v) is 6.83. The Bertz CT molecular complexity index is 566. The van der Waals surface area contributed by atoms with E-state index in [1.54, 1.807) is 11.3 Å². The molecule has 0 atom stereocenters. The van der Waals surface area contributed by atoms with E-state index < -0.39 is 0 Å². The fourth-order valence-corrected chi connectivity index (χ4v) is 3.40. The molecule has 2 rings (SSSR count). The molecule has 0 radical (unpaired) electrons. The van der Waals surface area contributed by atoms with Gasteiger partial charge in [-0.1, -0.05) is 41.4 Å². The molecule has 1 aromatic carbocycles. The second-order valence-electron chi connectivity index (χ2n) is 4.43. The van der Waals surface area contributed by atoms with Crippen LogP contribution in [-0.2, 0) is 6.42 Å². The lowest BCUT2D eigenvalue weighted by molar-refractivity contribution is 0.820. The van der Waals surface area contributed by atoms with Crippen LogP contribution in [0, 0.1) is 0 Å². The van der Waals surface area contributed by atoms with Gasteiger partial charge in [0.05, 0.1) is 5.69 Å².